The summed E-state index contributed by atoms with van der Waals surface area (Å²) in [5.41, 5.74) is 8.07. The van der Waals surface area contributed by atoms with Gasteiger partial charge in [0.05, 0.1) is 42.8 Å². The van der Waals surface area contributed by atoms with E-state index in [0.717, 1.165) is 52.0 Å². The number of aromatic nitrogens is 7. The molecule has 4 aromatic rings. The fourth-order valence-electron chi connectivity index (χ4n) is 5.15. The number of ether oxygens (including phenoxy) is 1. The molecule has 0 bridgehead atoms. The van der Waals surface area contributed by atoms with E-state index in [1.165, 1.54) is 0 Å². The van der Waals surface area contributed by atoms with Gasteiger partial charge in [-0.05, 0) is 25.7 Å². The summed E-state index contributed by atoms with van der Waals surface area (Å²) >= 11 is 0. The third-order valence-electron chi connectivity index (χ3n) is 6.99. The second-order valence-electron chi connectivity index (χ2n) is 9.12. The van der Waals surface area contributed by atoms with Crippen molar-refractivity contribution in [3.63, 3.8) is 0 Å². The van der Waals surface area contributed by atoms with Crippen molar-refractivity contribution in [2.75, 3.05) is 26.3 Å². The molecule has 2 fully saturated rings. The highest BCUT2D eigenvalue weighted by molar-refractivity contribution is 5.98. The Labute approximate surface area is 206 Å². The molecule has 1 saturated carbocycles. The average molecular weight is 490 g/mol. The Morgan fingerprint density at radius 1 is 1.08 bits per heavy atom. The number of nitrogens with two attached hydrogens (primary N) is 1. The smallest absolute Gasteiger partial charge is 0.271 e. The van der Waals surface area contributed by atoms with E-state index in [-0.39, 0.29) is 23.4 Å². The van der Waals surface area contributed by atoms with Crippen LogP contribution < -0.4 is 5.73 Å². The van der Waals surface area contributed by atoms with Crippen LogP contribution in [0, 0.1) is 0 Å². The third-order valence-corrected chi connectivity index (χ3v) is 6.99. The number of carbonyl (C=O) groups excluding carboxylic acids is 1. The van der Waals surface area contributed by atoms with E-state index in [1.54, 1.807) is 31.0 Å². The highest BCUT2D eigenvalue weighted by atomic mass is 16.5. The van der Waals surface area contributed by atoms with Crippen LogP contribution in [-0.4, -0.2) is 78.1 Å². The number of rotatable bonds is 6. The first kappa shape index (κ1) is 22.6. The van der Waals surface area contributed by atoms with Gasteiger partial charge in [-0.3, -0.25) is 29.4 Å². The Hall–Kier alpha value is -3.90. The molecule has 1 aliphatic heterocycles. The van der Waals surface area contributed by atoms with E-state index in [9.17, 15) is 4.79 Å². The lowest BCUT2D eigenvalue weighted by Gasteiger charge is -2.38. The van der Waals surface area contributed by atoms with Gasteiger partial charge in [-0.25, -0.2) is 4.98 Å². The van der Waals surface area contributed by atoms with E-state index >= 15 is 0 Å². The highest BCUT2D eigenvalue weighted by Gasteiger charge is 2.31. The molecule has 2 aliphatic rings. The number of oxazole rings is 1. The quantitative estimate of drug-likeness (QED) is 0.415. The normalized spacial score (nSPS) is 21.0. The zero-order chi connectivity index (χ0) is 24.5. The Morgan fingerprint density at radius 2 is 1.89 bits per heavy atom. The van der Waals surface area contributed by atoms with Crippen LogP contribution in [0.15, 0.2) is 41.6 Å². The van der Waals surface area contributed by atoms with Gasteiger partial charge in [-0.1, -0.05) is 0 Å². The molecule has 0 aromatic carbocycles. The first-order valence-electron chi connectivity index (χ1n) is 12.1. The Kier molecular flexibility index (Phi) is 6.03. The number of morpholine rings is 1. The summed E-state index contributed by atoms with van der Waals surface area (Å²) in [7, 11) is 0. The van der Waals surface area contributed by atoms with Gasteiger partial charge in [-0.2, -0.15) is 10.2 Å². The summed E-state index contributed by atoms with van der Waals surface area (Å²) in [6, 6.07) is 0.799. The number of primary amides is 1. The topological polar surface area (TPSA) is 154 Å². The number of nitrogens with zero attached hydrogens (tertiary/aromatic N) is 7. The van der Waals surface area contributed by atoms with Crippen molar-refractivity contribution in [3.8, 4) is 34.2 Å². The van der Waals surface area contributed by atoms with Gasteiger partial charge < -0.3 is 14.9 Å². The largest absolute Gasteiger partial charge is 0.435 e. The highest BCUT2D eigenvalue weighted by Crippen LogP contribution is 2.38. The summed E-state index contributed by atoms with van der Waals surface area (Å²) < 4.78 is 13.6. The van der Waals surface area contributed by atoms with Crippen LogP contribution in [0.2, 0.25) is 0 Å². The first-order chi connectivity index (χ1) is 17.7. The molecule has 0 atom stereocenters. The van der Waals surface area contributed by atoms with Crippen LogP contribution in [-0.2, 0) is 4.74 Å². The maximum absolute atomic E-state index is 12.3. The molecular formula is C24H27N9O3. The van der Waals surface area contributed by atoms with Crippen LogP contribution in [0.5, 0.6) is 0 Å². The number of aromatic amines is 1. The maximum Gasteiger partial charge on any atom is 0.271 e. The fraction of sp³-hybridized carbons (Fsp3) is 0.417. The number of nitrogens with one attached hydrogen (secondary N) is 1. The molecule has 1 amide bonds. The number of H-pyrrole nitrogens is 1. The molecule has 4 aromatic heterocycles. The molecule has 1 aliphatic carbocycles. The second kappa shape index (κ2) is 9.63. The Morgan fingerprint density at radius 3 is 2.58 bits per heavy atom. The first-order valence-corrected chi connectivity index (χ1v) is 12.1. The summed E-state index contributed by atoms with van der Waals surface area (Å²) in [6.07, 6.45) is 14.2. The summed E-state index contributed by atoms with van der Waals surface area (Å²) in [4.78, 5) is 27.9. The van der Waals surface area contributed by atoms with Gasteiger partial charge in [0.15, 0.2) is 11.5 Å². The van der Waals surface area contributed by atoms with Crippen molar-refractivity contribution in [2.24, 2.45) is 5.73 Å². The zero-order valence-electron chi connectivity index (χ0n) is 19.7. The second-order valence-corrected chi connectivity index (χ2v) is 9.12. The van der Waals surface area contributed by atoms with Crippen molar-refractivity contribution in [2.45, 2.75) is 37.8 Å². The van der Waals surface area contributed by atoms with E-state index < -0.39 is 5.91 Å². The van der Waals surface area contributed by atoms with Crippen molar-refractivity contribution in [3.05, 3.63) is 42.9 Å². The van der Waals surface area contributed by atoms with Crippen molar-refractivity contribution in [1.82, 2.24) is 39.8 Å². The van der Waals surface area contributed by atoms with Crippen molar-refractivity contribution >= 4 is 5.91 Å². The summed E-state index contributed by atoms with van der Waals surface area (Å²) in [5.74, 6) is -0.184. The predicted octanol–water partition coefficient (Wildman–Crippen LogP) is 2.30. The van der Waals surface area contributed by atoms with Gasteiger partial charge in [0, 0.05) is 43.9 Å². The molecule has 186 valence electrons. The van der Waals surface area contributed by atoms with Gasteiger partial charge in [0.1, 0.15) is 11.4 Å². The number of hydrogen-bond acceptors (Lipinski definition) is 9. The molecule has 3 N–H and O–H groups in total. The average Bonchev–Trinajstić information content (AvgIpc) is 3.69. The summed E-state index contributed by atoms with van der Waals surface area (Å²) in [6.45, 7) is 3.62. The minimum absolute atomic E-state index is 0.0342. The molecule has 12 heteroatoms. The van der Waals surface area contributed by atoms with Gasteiger partial charge in [-0.15, -0.1) is 0 Å². The summed E-state index contributed by atoms with van der Waals surface area (Å²) in [5, 5.41) is 11.6. The Bertz CT molecular complexity index is 1320. The number of hydrogen-bond donors (Lipinski definition) is 2. The van der Waals surface area contributed by atoms with Crippen LogP contribution in [0.3, 0.4) is 0 Å². The van der Waals surface area contributed by atoms with Crippen LogP contribution in [0.1, 0.15) is 42.2 Å². The van der Waals surface area contributed by atoms with Gasteiger partial charge in [0.2, 0.25) is 5.89 Å². The van der Waals surface area contributed by atoms with E-state index in [1.807, 2.05) is 10.9 Å². The van der Waals surface area contributed by atoms with E-state index in [2.05, 4.69) is 30.0 Å². The van der Waals surface area contributed by atoms with Crippen molar-refractivity contribution in [1.29, 1.82) is 0 Å². The SMILES string of the molecule is NC(=O)c1nc(-c2cn[nH]c2)oc1-c1cn(C2CCC(N3CCOCC3)CC2)nc1-c1cnccn1. The van der Waals surface area contributed by atoms with Crippen LogP contribution in [0.25, 0.3) is 34.2 Å². The molecule has 0 radical (unpaired) electrons. The Balaban J connectivity index is 1.35. The lowest BCUT2D eigenvalue weighted by Crippen LogP contribution is -2.45. The maximum atomic E-state index is 12.3. The fourth-order valence-corrected chi connectivity index (χ4v) is 5.15. The lowest BCUT2D eigenvalue weighted by molar-refractivity contribution is 0.00507. The molecule has 0 unspecified atom stereocenters. The molecule has 36 heavy (non-hydrogen) atoms. The van der Waals surface area contributed by atoms with E-state index in [4.69, 9.17) is 20.0 Å². The van der Waals surface area contributed by atoms with Gasteiger partial charge in [0.25, 0.3) is 5.91 Å². The van der Waals surface area contributed by atoms with E-state index in [0.29, 0.717) is 28.6 Å². The zero-order valence-corrected chi connectivity index (χ0v) is 19.7. The van der Waals surface area contributed by atoms with Crippen LogP contribution >= 0.6 is 0 Å². The predicted molar refractivity (Wildman–Crippen MR) is 129 cm³/mol. The van der Waals surface area contributed by atoms with Crippen LogP contribution in [0.4, 0.5) is 0 Å². The standard InChI is InChI=1S/C24H27N9O3/c25-23(34)21-22(36-24(30-21)15-11-28-29-12-15)18-14-33(31-20(18)19-13-26-5-6-27-19)17-3-1-16(2-4-17)32-7-9-35-10-8-32/h5-6,11-14,16-17H,1-4,7-10H2,(H2,25,34)(H,28,29). The molecule has 1 saturated heterocycles. The molecule has 12 nitrogen and oxygen atoms in total. The van der Waals surface area contributed by atoms with Crippen molar-refractivity contribution < 1.29 is 13.9 Å². The monoisotopic (exact) mass is 489 g/mol. The minimum Gasteiger partial charge on any atom is -0.435 e. The molecule has 5 heterocycles. The molecule has 0 spiro atoms. The van der Waals surface area contributed by atoms with Gasteiger partial charge >= 0.3 is 0 Å². The molecular weight excluding hydrogens is 462 g/mol. The minimum atomic E-state index is -0.688. The number of carbonyl (C=O) groups is 1. The third kappa shape index (κ3) is 4.29. The lowest BCUT2D eigenvalue weighted by atomic mass is 9.90. The molecule has 6 rings (SSSR count). The number of amides is 1.